The van der Waals surface area contributed by atoms with E-state index < -0.39 is 0 Å². The smallest absolute Gasteiger partial charge is 0.236 e. The molecule has 2 aliphatic rings. The molecule has 2 fully saturated rings. The summed E-state index contributed by atoms with van der Waals surface area (Å²) in [6.45, 7) is 3.59. The number of hydrogen-bond acceptors (Lipinski definition) is 4. The summed E-state index contributed by atoms with van der Waals surface area (Å²) in [5.74, 6) is 0.219. The minimum atomic E-state index is 0.219. The lowest BCUT2D eigenvalue weighted by molar-refractivity contribution is -0.139. The molecule has 1 amide bonds. The van der Waals surface area contributed by atoms with Crippen molar-refractivity contribution in [2.24, 2.45) is 5.73 Å². The third kappa shape index (κ3) is 3.18. The normalized spacial score (nSPS) is 31.2. The summed E-state index contributed by atoms with van der Waals surface area (Å²) in [4.78, 5) is 16.0. The molecule has 0 radical (unpaired) electrons. The molecule has 0 aromatic carbocycles. The van der Waals surface area contributed by atoms with E-state index in [1.54, 1.807) is 0 Å². The van der Waals surface area contributed by atoms with Gasteiger partial charge in [0.2, 0.25) is 5.91 Å². The van der Waals surface area contributed by atoms with Crippen molar-refractivity contribution in [3.8, 4) is 0 Å². The molecule has 0 aromatic heterocycles. The highest BCUT2D eigenvalue weighted by molar-refractivity contribution is 5.79. The van der Waals surface area contributed by atoms with E-state index in [0.717, 1.165) is 39.0 Å². The van der Waals surface area contributed by atoms with Gasteiger partial charge in [0.15, 0.2) is 0 Å². The molecule has 98 valence electrons. The zero-order chi connectivity index (χ0) is 12.3. The Morgan fingerprint density at radius 1 is 1.53 bits per heavy atom. The number of rotatable bonds is 4. The van der Waals surface area contributed by atoms with Crippen LogP contribution in [0.2, 0.25) is 0 Å². The third-order valence-electron chi connectivity index (χ3n) is 3.74. The zero-order valence-electron chi connectivity index (χ0n) is 10.6. The first kappa shape index (κ1) is 12.8. The highest BCUT2D eigenvalue weighted by Crippen LogP contribution is 2.17. The Morgan fingerprint density at radius 3 is 3.00 bits per heavy atom. The van der Waals surface area contributed by atoms with E-state index in [4.69, 9.17) is 10.5 Å². The maximum Gasteiger partial charge on any atom is 0.236 e. The van der Waals surface area contributed by atoms with Crippen LogP contribution >= 0.6 is 0 Å². The Labute approximate surface area is 103 Å². The van der Waals surface area contributed by atoms with Gasteiger partial charge in [-0.1, -0.05) is 0 Å². The van der Waals surface area contributed by atoms with E-state index in [1.165, 1.54) is 0 Å². The Morgan fingerprint density at radius 2 is 2.35 bits per heavy atom. The molecule has 17 heavy (non-hydrogen) atoms. The van der Waals surface area contributed by atoms with E-state index in [-0.39, 0.29) is 12.0 Å². The van der Waals surface area contributed by atoms with E-state index in [2.05, 4.69) is 4.90 Å². The van der Waals surface area contributed by atoms with Gasteiger partial charge >= 0.3 is 0 Å². The van der Waals surface area contributed by atoms with E-state index in [9.17, 15) is 4.79 Å². The van der Waals surface area contributed by atoms with Gasteiger partial charge in [0.25, 0.3) is 0 Å². The summed E-state index contributed by atoms with van der Waals surface area (Å²) in [6, 6.07) is 0.402. The fourth-order valence-electron chi connectivity index (χ4n) is 2.65. The first-order valence-corrected chi connectivity index (χ1v) is 6.50. The predicted molar refractivity (Wildman–Crippen MR) is 65.6 cm³/mol. The van der Waals surface area contributed by atoms with Crippen LogP contribution in [0.1, 0.15) is 19.3 Å². The van der Waals surface area contributed by atoms with E-state index >= 15 is 0 Å². The van der Waals surface area contributed by atoms with Crippen LogP contribution in [0.15, 0.2) is 0 Å². The molecule has 0 bridgehead atoms. The van der Waals surface area contributed by atoms with Crippen LogP contribution in [0.4, 0.5) is 0 Å². The van der Waals surface area contributed by atoms with Crippen molar-refractivity contribution < 1.29 is 9.53 Å². The molecule has 2 rings (SSSR count). The van der Waals surface area contributed by atoms with E-state index in [0.29, 0.717) is 19.1 Å². The number of piperazine rings is 1. The molecular formula is C12H23N3O2. The van der Waals surface area contributed by atoms with Gasteiger partial charge in [-0.3, -0.25) is 9.69 Å². The third-order valence-corrected chi connectivity index (χ3v) is 3.74. The van der Waals surface area contributed by atoms with Gasteiger partial charge in [-0.2, -0.15) is 0 Å². The van der Waals surface area contributed by atoms with Crippen molar-refractivity contribution in [2.75, 3.05) is 39.8 Å². The molecule has 2 atom stereocenters. The van der Waals surface area contributed by atoms with Crippen LogP contribution in [-0.4, -0.2) is 67.7 Å². The zero-order valence-corrected chi connectivity index (χ0v) is 10.6. The number of carbonyl (C=O) groups excluding carboxylic acids is 1. The minimum absolute atomic E-state index is 0.219. The molecule has 0 aliphatic carbocycles. The summed E-state index contributed by atoms with van der Waals surface area (Å²) < 4.78 is 5.59. The fourth-order valence-corrected chi connectivity index (χ4v) is 2.65. The second kappa shape index (κ2) is 5.80. The predicted octanol–water partition coefficient (Wildman–Crippen LogP) is -0.343. The lowest BCUT2D eigenvalue weighted by atomic mass is 10.1. The van der Waals surface area contributed by atoms with Gasteiger partial charge < -0.3 is 15.4 Å². The topological polar surface area (TPSA) is 58.8 Å². The first-order valence-electron chi connectivity index (χ1n) is 6.50. The molecule has 0 saturated carbocycles. The van der Waals surface area contributed by atoms with Crippen molar-refractivity contribution in [1.82, 2.24) is 9.80 Å². The summed E-state index contributed by atoms with van der Waals surface area (Å²) in [5, 5.41) is 0. The van der Waals surface area contributed by atoms with Gasteiger partial charge in [-0.25, -0.2) is 0 Å². The lowest BCUT2D eigenvalue weighted by Crippen LogP contribution is -2.56. The average molecular weight is 241 g/mol. The first-order chi connectivity index (χ1) is 8.20. The van der Waals surface area contributed by atoms with Crippen molar-refractivity contribution in [3.63, 3.8) is 0 Å². The number of amides is 1. The summed E-state index contributed by atoms with van der Waals surface area (Å²) in [7, 11) is 2.00. The standard InChI is InChI=1S/C12H23N3O2/c1-14-9-12(16)15(7-10(14)4-5-13)8-11-3-2-6-17-11/h10-11H,2-9,13H2,1H3. The quantitative estimate of drug-likeness (QED) is 0.731. The van der Waals surface area contributed by atoms with E-state index in [1.807, 2.05) is 11.9 Å². The number of hydrogen-bond donors (Lipinski definition) is 1. The van der Waals surface area contributed by atoms with Gasteiger partial charge in [0.1, 0.15) is 0 Å². The summed E-state index contributed by atoms with van der Waals surface area (Å²) in [5.41, 5.74) is 5.61. The van der Waals surface area contributed by atoms with Crippen LogP contribution in [0, 0.1) is 0 Å². The number of nitrogens with zero attached hydrogens (tertiary/aromatic N) is 2. The van der Waals surface area contributed by atoms with Gasteiger partial charge in [-0.15, -0.1) is 0 Å². The Kier molecular flexibility index (Phi) is 4.36. The average Bonchev–Trinajstić information content (AvgIpc) is 2.78. The minimum Gasteiger partial charge on any atom is -0.376 e. The summed E-state index contributed by atoms with van der Waals surface area (Å²) >= 11 is 0. The molecule has 5 heteroatoms. The largest absolute Gasteiger partial charge is 0.376 e. The molecule has 2 N–H and O–H groups in total. The van der Waals surface area contributed by atoms with Crippen LogP contribution in [0.5, 0.6) is 0 Å². The molecule has 0 aromatic rings. The molecule has 2 saturated heterocycles. The highest BCUT2D eigenvalue weighted by Gasteiger charge is 2.31. The van der Waals surface area contributed by atoms with Crippen molar-refractivity contribution in [3.05, 3.63) is 0 Å². The van der Waals surface area contributed by atoms with Gasteiger partial charge in [0.05, 0.1) is 12.6 Å². The molecular weight excluding hydrogens is 218 g/mol. The van der Waals surface area contributed by atoms with Crippen molar-refractivity contribution in [1.29, 1.82) is 0 Å². The number of likely N-dealkylation sites (N-methyl/N-ethyl adjacent to an activating group) is 1. The molecule has 2 aliphatic heterocycles. The number of carbonyl (C=O) groups is 1. The highest BCUT2D eigenvalue weighted by atomic mass is 16.5. The SMILES string of the molecule is CN1CC(=O)N(CC2CCCO2)CC1CCN. The second-order valence-corrected chi connectivity index (χ2v) is 5.08. The van der Waals surface area contributed by atoms with Gasteiger partial charge in [-0.05, 0) is 32.9 Å². The molecule has 2 unspecified atom stereocenters. The second-order valence-electron chi connectivity index (χ2n) is 5.08. The number of nitrogens with two attached hydrogens (primary N) is 1. The Hall–Kier alpha value is -0.650. The lowest BCUT2D eigenvalue weighted by Gasteiger charge is -2.39. The maximum atomic E-state index is 11.9. The van der Waals surface area contributed by atoms with Crippen LogP contribution in [0.25, 0.3) is 0 Å². The number of ether oxygens (including phenoxy) is 1. The molecule has 2 heterocycles. The molecule has 5 nitrogen and oxygen atoms in total. The van der Waals surface area contributed by atoms with Crippen molar-refractivity contribution >= 4 is 5.91 Å². The van der Waals surface area contributed by atoms with Crippen LogP contribution in [-0.2, 0) is 9.53 Å². The van der Waals surface area contributed by atoms with Crippen LogP contribution < -0.4 is 5.73 Å². The Balaban J connectivity index is 1.89. The monoisotopic (exact) mass is 241 g/mol. The van der Waals surface area contributed by atoms with Crippen molar-refractivity contribution in [2.45, 2.75) is 31.4 Å². The molecule has 0 spiro atoms. The fraction of sp³-hybridized carbons (Fsp3) is 0.917. The Bertz CT molecular complexity index is 266. The summed E-state index contributed by atoms with van der Waals surface area (Å²) in [6.07, 6.45) is 3.41. The van der Waals surface area contributed by atoms with Gasteiger partial charge in [0, 0.05) is 25.7 Å². The maximum absolute atomic E-state index is 11.9. The van der Waals surface area contributed by atoms with Crippen LogP contribution in [0.3, 0.4) is 0 Å².